The third kappa shape index (κ3) is 7.23. The van der Waals surface area contributed by atoms with Gasteiger partial charge in [-0.25, -0.2) is 0 Å². The van der Waals surface area contributed by atoms with Gasteiger partial charge in [-0.15, -0.1) is 0 Å². The number of nitrogens with two attached hydrogens (primary N) is 1. The van der Waals surface area contributed by atoms with E-state index in [4.69, 9.17) is 10.5 Å². The van der Waals surface area contributed by atoms with Crippen molar-refractivity contribution in [2.45, 2.75) is 59.0 Å². The molecule has 23 heavy (non-hydrogen) atoms. The zero-order chi connectivity index (χ0) is 17.1. The molecule has 0 aliphatic rings. The summed E-state index contributed by atoms with van der Waals surface area (Å²) in [6, 6.07) is 5.59. The average molecular weight is 322 g/mol. The van der Waals surface area contributed by atoms with Crippen molar-refractivity contribution >= 4 is 5.69 Å². The number of nitrogens with zero attached hydrogens (tertiary/aromatic N) is 1. The molecule has 0 aliphatic heterocycles. The van der Waals surface area contributed by atoms with Crippen LogP contribution in [0.3, 0.4) is 0 Å². The maximum atomic E-state index is 10.4. The van der Waals surface area contributed by atoms with Crippen molar-refractivity contribution in [1.29, 1.82) is 0 Å². The Bertz CT molecular complexity index is 429. The van der Waals surface area contributed by atoms with E-state index in [0.29, 0.717) is 18.0 Å². The number of aliphatic hydroxyl groups is 1. The fraction of sp³-hybridized carbons (Fsp3) is 0.684. The quantitative estimate of drug-likeness (QED) is 0.571. The summed E-state index contributed by atoms with van der Waals surface area (Å²) in [5.74, 6) is 0.691. The molecule has 0 aromatic heterocycles. The van der Waals surface area contributed by atoms with E-state index in [-0.39, 0.29) is 0 Å². The molecule has 0 saturated carbocycles. The van der Waals surface area contributed by atoms with Gasteiger partial charge in [0, 0.05) is 6.54 Å². The first-order valence-corrected chi connectivity index (χ1v) is 9.04. The lowest BCUT2D eigenvalue weighted by atomic mass is 10.0. The molecule has 0 amide bonds. The molecule has 0 saturated heterocycles. The topological polar surface area (TPSA) is 58.7 Å². The molecule has 1 aromatic carbocycles. The number of hydrogen-bond donors (Lipinski definition) is 2. The Morgan fingerprint density at radius 2 is 1.74 bits per heavy atom. The highest BCUT2D eigenvalue weighted by molar-refractivity contribution is 5.54. The van der Waals surface area contributed by atoms with Crippen molar-refractivity contribution in [3.63, 3.8) is 0 Å². The second-order valence-electron chi connectivity index (χ2n) is 6.08. The fourth-order valence-corrected chi connectivity index (χ4v) is 2.63. The Morgan fingerprint density at radius 3 is 2.26 bits per heavy atom. The third-order valence-electron chi connectivity index (χ3n) is 4.09. The summed E-state index contributed by atoms with van der Waals surface area (Å²) in [6.07, 6.45) is 5.12. The number of rotatable bonds is 12. The molecule has 3 N–H and O–H groups in total. The summed E-state index contributed by atoms with van der Waals surface area (Å²) in [5, 5.41) is 10.4. The number of nitrogen functional groups attached to an aromatic ring is 1. The van der Waals surface area contributed by atoms with Crippen molar-refractivity contribution in [3.05, 3.63) is 23.8 Å². The lowest BCUT2D eigenvalue weighted by Crippen LogP contribution is -2.28. The van der Waals surface area contributed by atoms with E-state index in [2.05, 4.69) is 18.7 Å². The Morgan fingerprint density at radius 1 is 1.09 bits per heavy atom. The zero-order valence-electron chi connectivity index (χ0n) is 15.1. The standard InChI is InChI=1S/C19H34N2O2/c1-4-7-12-21(13-8-5-2)14-11-18(22)16-9-10-19(23-6-3)17(20)15-16/h9-10,15,18,22H,4-8,11-14,20H2,1-3H3. The minimum absolute atomic E-state index is 0.473. The molecule has 4 heteroatoms. The fourth-order valence-electron chi connectivity index (χ4n) is 2.63. The molecule has 1 rings (SSSR count). The molecule has 0 aliphatic carbocycles. The number of ether oxygens (including phenoxy) is 1. The summed E-state index contributed by atoms with van der Waals surface area (Å²) in [4.78, 5) is 2.47. The van der Waals surface area contributed by atoms with Gasteiger partial charge in [0.2, 0.25) is 0 Å². The van der Waals surface area contributed by atoms with Crippen LogP contribution >= 0.6 is 0 Å². The predicted molar refractivity (Wildman–Crippen MR) is 97.9 cm³/mol. The summed E-state index contributed by atoms with van der Waals surface area (Å²) < 4.78 is 5.44. The molecule has 4 nitrogen and oxygen atoms in total. The van der Waals surface area contributed by atoms with E-state index in [0.717, 1.165) is 31.6 Å². The van der Waals surface area contributed by atoms with Crippen LogP contribution in [0, 0.1) is 0 Å². The van der Waals surface area contributed by atoms with Gasteiger partial charge in [0.25, 0.3) is 0 Å². The van der Waals surface area contributed by atoms with Gasteiger partial charge in [-0.2, -0.15) is 0 Å². The Kier molecular flexibility index (Phi) is 9.72. The Balaban J connectivity index is 2.55. The van der Waals surface area contributed by atoms with Crippen LogP contribution in [0.15, 0.2) is 18.2 Å². The van der Waals surface area contributed by atoms with Gasteiger partial charge in [0.05, 0.1) is 18.4 Å². The highest BCUT2D eigenvalue weighted by Gasteiger charge is 2.12. The molecule has 0 spiro atoms. The average Bonchev–Trinajstić information content (AvgIpc) is 2.55. The molecule has 0 fully saturated rings. The molecular weight excluding hydrogens is 288 g/mol. The smallest absolute Gasteiger partial charge is 0.142 e. The van der Waals surface area contributed by atoms with Crippen molar-refractivity contribution in [2.75, 3.05) is 32.0 Å². The minimum Gasteiger partial charge on any atom is -0.492 e. The number of hydrogen-bond acceptors (Lipinski definition) is 4. The van der Waals surface area contributed by atoms with Gasteiger partial charge in [-0.05, 0) is 57.0 Å². The Labute approximate surface area is 141 Å². The molecule has 1 unspecified atom stereocenters. The van der Waals surface area contributed by atoms with Gasteiger partial charge < -0.3 is 20.5 Å². The SMILES string of the molecule is CCCCN(CCCC)CCC(O)c1ccc(OCC)c(N)c1. The Hall–Kier alpha value is -1.26. The van der Waals surface area contributed by atoms with Crippen molar-refractivity contribution in [3.8, 4) is 5.75 Å². The van der Waals surface area contributed by atoms with Crippen LogP contribution < -0.4 is 10.5 Å². The van der Waals surface area contributed by atoms with Crippen molar-refractivity contribution in [1.82, 2.24) is 4.90 Å². The summed E-state index contributed by atoms with van der Waals surface area (Å²) in [5.41, 5.74) is 7.45. The van der Waals surface area contributed by atoms with Gasteiger partial charge in [-0.1, -0.05) is 32.8 Å². The van der Waals surface area contributed by atoms with Gasteiger partial charge >= 0.3 is 0 Å². The summed E-state index contributed by atoms with van der Waals surface area (Å²) in [7, 11) is 0. The molecule has 132 valence electrons. The molecule has 1 atom stereocenters. The van der Waals surface area contributed by atoms with E-state index >= 15 is 0 Å². The van der Waals surface area contributed by atoms with Crippen molar-refractivity contribution < 1.29 is 9.84 Å². The van der Waals surface area contributed by atoms with Crippen LogP contribution in [0.2, 0.25) is 0 Å². The van der Waals surface area contributed by atoms with Gasteiger partial charge in [0.1, 0.15) is 5.75 Å². The number of anilines is 1. The molecule has 0 heterocycles. The predicted octanol–water partition coefficient (Wildman–Crippen LogP) is 3.99. The number of unbranched alkanes of at least 4 members (excludes halogenated alkanes) is 2. The van der Waals surface area contributed by atoms with Gasteiger partial charge in [-0.3, -0.25) is 0 Å². The van der Waals surface area contributed by atoms with E-state index in [9.17, 15) is 5.11 Å². The molecule has 0 radical (unpaired) electrons. The van der Waals surface area contributed by atoms with E-state index in [1.807, 2.05) is 25.1 Å². The largest absolute Gasteiger partial charge is 0.492 e. The number of benzene rings is 1. The lowest BCUT2D eigenvalue weighted by molar-refractivity contribution is 0.140. The second kappa shape index (κ2) is 11.3. The first kappa shape index (κ1) is 19.8. The van der Waals surface area contributed by atoms with E-state index in [1.54, 1.807) is 0 Å². The third-order valence-corrected chi connectivity index (χ3v) is 4.09. The first-order chi connectivity index (χ1) is 11.1. The summed E-state index contributed by atoms with van der Waals surface area (Å²) in [6.45, 7) is 10.1. The van der Waals surface area contributed by atoms with Gasteiger partial charge in [0.15, 0.2) is 0 Å². The van der Waals surface area contributed by atoms with Crippen LogP contribution in [-0.4, -0.2) is 36.2 Å². The first-order valence-electron chi connectivity index (χ1n) is 9.04. The van der Waals surface area contributed by atoms with Crippen LogP contribution in [0.4, 0.5) is 5.69 Å². The monoisotopic (exact) mass is 322 g/mol. The highest BCUT2D eigenvalue weighted by atomic mass is 16.5. The van der Waals surface area contributed by atoms with Crippen LogP contribution in [0.5, 0.6) is 5.75 Å². The van der Waals surface area contributed by atoms with Crippen LogP contribution in [0.1, 0.15) is 64.5 Å². The molecular formula is C19H34N2O2. The molecule has 1 aromatic rings. The normalized spacial score (nSPS) is 12.6. The second-order valence-corrected chi connectivity index (χ2v) is 6.08. The van der Waals surface area contributed by atoms with Crippen LogP contribution in [-0.2, 0) is 0 Å². The molecule has 0 bridgehead atoms. The minimum atomic E-state index is -0.473. The van der Waals surface area contributed by atoms with E-state index in [1.165, 1.54) is 25.7 Å². The number of aliphatic hydroxyl groups excluding tert-OH is 1. The van der Waals surface area contributed by atoms with E-state index < -0.39 is 6.10 Å². The highest BCUT2D eigenvalue weighted by Crippen LogP contribution is 2.27. The summed E-state index contributed by atoms with van der Waals surface area (Å²) >= 11 is 0. The lowest BCUT2D eigenvalue weighted by Gasteiger charge is -2.23. The van der Waals surface area contributed by atoms with Crippen molar-refractivity contribution in [2.24, 2.45) is 0 Å². The maximum absolute atomic E-state index is 10.4. The van der Waals surface area contributed by atoms with Crippen LogP contribution in [0.25, 0.3) is 0 Å². The maximum Gasteiger partial charge on any atom is 0.142 e. The zero-order valence-corrected chi connectivity index (χ0v) is 15.1.